The van der Waals surface area contributed by atoms with Crippen molar-refractivity contribution < 1.29 is 22.4 Å². The minimum Gasteiger partial charge on any atom is -0.346 e. The van der Waals surface area contributed by atoms with Crippen LogP contribution >= 0.6 is 11.8 Å². The number of rotatable bonds is 8. The van der Waals surface area contributed by atoms with Gasteiger partial charge in [0.2, 0.25) is 0 Å². The fourth-order valence-electron chi connectivity index (χ4n) is 2.68. The van der Waals surface area contributed by atoms with Crippen molar-refractivity contribution in [3.63, 3.8) is 0 Å². The van der Waals surface area contributed by atoms with Crippen molar-refractivity contribution in [3.8, 4) is 0 Å². The lowest BCUT2D eigenvalue weighted by Crippen LogP contribution is -2.38. The number of nitrogens with one attached hydrogen (secondary N) is 1. The second-order valence-corrected chi connectivity index (χ2v) is 7.58. The van der Waals surface area contributed by atoms with E-state index in [2.05, 4.69) is 15.0 Å². The largest absolute Gasteiger partial charge is 0.471 e. The molecule has 0 saturated heterocycles. The first kappa shape index (κ1) is 23.4. The summed E-state index contributed by atoms with van der Waals surface area (Å²) in [5.74, 6) is -2.08. The van der Waals surface area contributed by atoms with Crippen LogP contribution in [0.2, 0.25) is 0 Å². The molecule has 0 atom stereocenters. The molecule has 0 fully saturated rings. The quantitative estimate of drug-likeness (QED) is 0.311. The molecule has 0 unspecified atom stereocenters. The number of alkyl halides is 3. The Morgan fingerprint density at radius 2 is 1.78 bits per heavy atom. The van der Waals surface area contributed by atoms with E-state index in [1.165, 1.54) is 53.4 Å². The second kappa shape index (κ2) is 10.4. The summed E-state index contributed by atoms with van der Waals surface area (Å²) in [4.78, 5) is 35.4. The minimum absolute atomic E-state index is 0.0425. The van der Waals surface area contributed by atoms with Crippen molar-refractivity contribution in [3.05, 3.63) is 82.0 Å². The van der Waals surface area contributed by atoms with Gasteiger partial charge in [0.15, 0.2) is 5.16 Å². The molecule has 0 aliphatic rings. The fourth-order valence-corrected chi connectivity index (χ4v) is 3.62. The standard InChI is InChI=1S/C20H17F4N5O2S/c21-16-3-1-13(2-4-16)11-32-19-28-17(30)15(7-14-8-25-12-26-9-14)10-29(19)6-5-27-18(31)20(22,23)24/h1-4,8-10,12H,5-7,11H2,(H,27,31). The average molecular weight is 467 g/mol. The number of hydrogen-bond acceptors (Lipinski definition) is 6. The Balaban J connectivity index is 1.80. The van der Waals surface area contributed by atoms with Gasteiger partial charge in [0.1, 0.15) is 12.1 Å². The predicted molar refractivity (Wildman–Crippen MR) is 108 cm³/mol. The Bertz CT molecular complexity index is 1120. The highest BCUT2D eigenvalue weighted by Gasteiger charge is 2.38. The van der Waals surface area contributed by atoms with Crippen LogP contribution in [0.25, 0.3) is 0 Å². The van der Waals surface area contributed by atoms with Crippen molar-refractivity contribution in [2.24, 2.45) is 0 Å². The Kier molecular flexibility index (Phi) is 7.57. The van der Waals surface area contributed by atoms with E-state index in [1.54, 1.807) is 17.4 Å². The maximum Gasteiger partial charge on any atom is 0.471 e. The van der Waals surface area contributed by atoms with Gasteiger partial charge in [-0.15, -0.1) is 0 Å². The summed E-state index contributed by atoms with van der Waals surface area (Å²) >= 11 is 1.17. The van der Waals surface area contributed by atoms with E-state index in [0.29, 0.717) is 16.9 Å². The second-order valence-electron chi connectivity index (χ2n) is 6.64. The Morgan fingerprint density at radius 3 is 2.44 bits per heavy atom. The van der Waals surface area contributed by atoms with Crippen molar-refractivity contribution in [2.75, 3.05) is 6.54 Å². The van der Waals surface area contributed by atoms with Crippen LogP contribution in [0.3, 0.4) is 0 Å². The highest BCUT2D eigenvalue weighted by molar-refractivity contribution is 7.98. The first-order valence-corrected chi connectivity index (χ1v) is 10.3. The molecule has 2 heterocycles. The molecule has 3 rings (SSSR count). The molecule has 0 radical (unpaired) electrons. The lowest BCUT2D eigenvalue weighted by atomic mass is 10.1. The maximum atomic E-state index is 13.1. The van der Waals surface area contributed by atoms with Crippen molar-refractivity contribution in [1.29, 1.82) is 0 Å². The van der Waals surface area contributed by atoms with E-state index in [-0.39, 0.29) is 30.5 Å². The summed E-state index contributed by atoms with van der Waals surface area (Å²) < 4.78 is 51.9. The lowest BCUT2D eigenvalue weighted by Gasteiger charge is -2.15. The Hall–Kier alpha value is -3.28. The molecular weight excluding hydrogens is 450 g/mol. The summed E-state index contributed by atoms with van der Waals surface area (Å²) in [5.41, 5.74) is 1.24. The van der Waals surface area contributed by atoms with Crippen LogP contribution < -0.4 is 10.9 Å². The van der Waals surface area contributed by atoms with E-state index in [4.69, 9.17) is 0 Å². The Morgan fingerprint density at radius 1 is 1.09 bits per heavy atom. The topological polar surface area (TPSA) is 89.8 Å². The van der Waals surface area contributed by atoms with Gasteiger partial charge < -0.3 is 9.88 Å². The first-order chi connectivity index (χ1) is 15.2. The number of halogens is 4. The third-order valence-corrected chi connectivity index (χ3v) is 5.28. The maximum absolute atomic E-state index is 13.1. The fraction of sp³-hybridized carbons (Fsp3) is 0.250. The first-order valence-electron chi connectivity index (χ1n) is 9.29. The molecule has 0 aliphatic heterocycles. The number of thioether (sulfide) groups is 1. The van der Waals surface area contributed by atoms with Gasteiger partial charge in [-0.2, -0.15) is 18.2 Å². The van der Waals surface area contributed by atoms with Crippen LogP contribution in [0.4, 0.5) is 17.6 Å². The normalized spacial score (nSPS) is 11.4. The molecule has 32 heavy (non-hydrogen) atoms. The van der Waals surface area contributed by atoms with Gasteiger partial charge in [-0.1, -0.05) is 23.9 Å². The van der Waals surface area contributed by atoms with Crippen LogP contribution in [0.5, 0.6) is 0 Å². The number of benzene rings is 1. The molecule has 3 aromatic rings. The average Bonchev–Trinajstić information content (AvgIpc) is 2.75. The monoisotopic (exact) mass is 467 g/mol. The minimum atomic E-state index is -4.99. The van der Waals surface area contributed by atoms with Gasteiger partial charge in [-0.05, 0) is 23.3 Å². The zero-order valence-corrected chi connectivity index (χ0v) is 17.3. The van der Waals surface area contributed by atoms with Crippen molar-refractivity contribution >= 4 is 17.7 Å². The van der Waals surface area contributed by atoms with Gasteiger partial charge in [0.05, 0.1) is 0 Å². The number of amides is 1. The summed E-state index contributed by atoms with van der Waals surface area (Å²) in [7, 11) is 0. The van der Waals surface area contributed by atoms with Crippen molar-refractivity contribution in [1.82, 2.24) is 24.8 Å². The zero-order valence-electron chi connectivity index (χ0n) is 16.5. The van der Waals surface area contributed by atoms with Gasteiger partial charge >= 0.3 is 12.1 Å². The molecule has 0 saturated carbocycles. The molecule has 0 aliphatic carbocycles. The Labute approximate surface area is 183 Å². The van der Waals surface area contributed by atoms with Gasteiger partial charge in [-0.3, -0.25) is 9.59 Å². The number of carbonyl (C=O) groups excluding carboxylic acids is 1. The molecule has 168 valence electrons. The summed E-state index contributed by atoms with van der Waals surface area (Å²) in [5, 5.41) is 2.06. The van der Waals surface area contributed by atoms with Crippen molar-refractivity contribution in [2.45, 2.75) is 30.1 Å². The van der Waals surface area contributed by atoms with Crippen LogP contribution in [0, 0.1) is 5.82 Å². The van der Waals surface area contributed by atoms with E-state index in [0.717, 1.165) is 5.56 Å². The highest BCUT2D eigenvalue weighted by Crippen LogP contribution is 2.21. The molecule has 1 aromatic carbocycles. The molecule has 2 aromatic heterocycles. The number of carbonyl (C=O) groups is 1. The van der Waals surface area contributed by atoms with Gasteiger partial charge in [-0.25, -0.2) is 14.4 Å². The summed E-state index contributed by atoms with van der Waals surface area (Å²) in [6.45, 7) is -0.361. The molecule has 1 N–H and O–H groups in total. The molecule has 12 heteroatoms. The lowest BCUT2D eigenvalue weighted by molar-refractivity contribution is -0.173. The van der Waals surface area contributed by atoms with E-state index < -0.39 is 17.6 Å². The number of nitrogens with zero attached hydrogens (tertiary/aromatic N) is 4. The van der Waals surface area contributed by atoms with Gasteiger partial charge in [0.25, 0.3) is 5.56 Å². The highest BCUT2D eigenvalue weighted by atomic mass is 32.2. The smallest absolute Gasteiger partial charge is 0.346 e. The molecular formula is C20H17F4N5O2S. The molecule has 7 nitrogen and oxygen atoms in total. The summed E-state index contributed by atoms with van der Waals surface area (Å²) in [6, 6.07) is 5.76. The number of hydrogen-bond donors (Lipinski definition) is 1. The van der Waals surface area contributed by atoms with Crippen LogP contribution in [0.1, 0.15) is 16.7 Å². The molecule has 0 spiro atoms. The van der Waals surface area contributed by atoms with Gasteiger partial charge in [0, 0.05) is 49.4 Å². The van der Waals surface area contributed by atoms with E-state index >= 15 is 0 Å². The van der Waals surface area contributed by atoms with E-state index in [9.17, 15) is 27.2 Å². The SMILES string of the molecule is O=C(NCCn1cc(Cc2cncnc2)c(=O)nc1SCc1ccc(F)cc1)C(F)(F)F. The molecule has 0 bridgehead atoms. The van der Waals surface area contributed by atoms with E-state index in [1.807, 2.05) is 0 Å². The molecule has 1 amide bonds. The zero-order chi connectivity index (χ0) is 23.1. The van der Waals surface area contributed by atoms with Crippen LogP contribution in [-0.2, 0) is 23.5 Å². The third kappa shape index (κ3) is 6.61. The third-order valence-electron chi connectivity index (χ3n) is 4.21. The number of aromatic nitrogens is 4. The predicted octanol–water partition coefficient (Wildman–Crippen LogP) is 2.73. The van der Waals surface area contributed by atoms with Crippen LogP contribution in [0.15, 0.2) is 59.1 Å². The van der Waals surface area contributed by atoms with Crippen LogP contribution in [-0.4, -0.2) is 38.1 Å². The summed E-state index contributed by atoms with van der Waals surface area (Å²) in [6.07, 6.45) is 1.12.